The summed E-state index contributed by atoms with van der Waals surface area (Å²) in [7, 11) is 0. The fraction of sp³-hybridized carbons (Fsp3) is 0.522. The topological polar surface area (TPSA) is 102 Å². The Balaban J connectivity index is 0.000000225. The third kappa shape index (κ3) is 8.28. The number of ether oxygens (including phenoxy) is 1. The molecule has 3 rings (SSSR count). The van der Waals surface area contributed by atoms with Gasteiger partial charge in [-0.15, -0.1) is 0 Å². The lowest BCUT2D eigenvalue weighted by molar-refractivity contribution is 0.0492. The van der Waals surface area contributed by atoms with Crippen molar-refractivity contribution in [1.29, 1.82) is 0 Å². The van der Waals surface area contributed by atoms with Gasteiger partial charge in [-0.05, 0) is 64.8 Å². The summed E-state index contributed by atoms with van der Waals surface area (Å²) in [5.41, 5.74) is 1.40. The van der Waals surface area contributed by atoms with Crippen LogP contribution in [0.2, 0.25) is 0 Å². The first-order chi connectivity index (χ1) is 14.6. The number of rotatable bonds is 4. The first-order valence-corrected chi connectivity index (χ1v) is 11.1. The van der Waals surface area contributed by atoms with Crippen LogP contribution in [0.3, 0.4) is 0 Å². The Kier molecular flexibility index (Phi) is 8.98. The Morgan fingerprint density at radius 1 is 1.19 bits per heavy atom. The highest BCUT2D eigenvalue weighted by Crippen LogP contribution is 2.23. The van der Waals surface area contributed by atoms with Crippen LogP contribution in [0, 0.1) is 6.92 Å². The van der Waals surface area contributed by atoms with E-state index in [0.29, 0.717) is 17.7 Å². The van der Waals surface area contributed by atoms with Gasteiger partial charge in [-0.3, -0.25) is 0 Å². The molecule has 1 heterocycles. The molecule has 1 fully saturated rings. The zero-order valence-corrected chi connectivity index (χ0v) is 19.5. The summed E-state index contributed by atoms with van der Waals surface area (Å²) >= 11 is 4.15. The van der Waals surface area contributed by atoms with E-state index in [4.69, 9.17) is 14.3 Å². The first-order valence-electron chi connectivity index (χ1n) is 10.5. The van der Waals surface area contributed by atoms with E-state index < -0.39 is 11.6 Å². The van der Waals surface area contributed by atoms with Gasteiger partial charge in [-0.25, -0.2) is 14.6 Å². The molecular formula is C23H32N2O5S. The number of amides is 1. The van der Waals surface area contributed by atoms with E-state index >= 15 is 0 Å². The van der Waals surface area contributed by atoms with E-state index in [9.17, 15) is 9.59 Å². The number of nitrogens with one attached hydrogen (secondary N) is 1. The van der Waals surface area contributed by atoms with Gasteiger partial charge in [0, 0.05) is 17.4 Å². The minimum atomic E-state index is -0.948. The van der Waals surface area contributed by atoms with Gasteiger partial charge in [-0.1, -0.05) is 19.3 Å². The van der Waals surface area contributed by atoms with Crippen molar-refractivity contribution in [2.24, 2.45) is 0 Å². The number of aromatic carboxylic acids is 1. The highest BCUT2D eigenvalue weighted by atomic mass is 32.1. The van der Waals surface area contributed by atoms with Gasteiger partial charge in [0.15, 0.2) is 0 Å². The predicted molar refractivity (Wildman–Crippen MR) is 123 cm³/mol. The maximum atomic E-state index is 11.4. The van der Waals surface area contributed by atoms with Crippen molar-refractivity contribution >= 4 is 24.7 Å². The molecule has 1 amide bonds. The Bertz CT molecular complexity index is 865. The average molecular weight is 449 g/mol. The summed E-state index contributed by atoms with van der Waals surface area (Å²) in [6.07, 6.45) is 5.66. The predicted octanol–water partition coefficient (Wildman–Crippen LogP) is 5.62. The fourth-order valence-corrected chi connectivity index (χ4v) is 3.47. The highest BCUT2D eigenvalue weighted by molar-refractivity contribution is 7.79. The summed E-state index contributed by atoms with van der Waals surface area (Å²) in [6, 6.07) is 6.74. The zero-order valence-electron chi connectivity index (χ0n) is 18.6. The molecule has 1 aromatic heterocycles. The standard InChI is InChI=1S/C12H11NO3S.C11H21NO2/c1-7-10(6-17)13-11(16-7)8-2-4-9(5-3-8)12(14)15;1-11(2,3)14-10(13)12-9-7-5-4-6-8-9/h2-5,17H,6H2,1H3,(H,14,15);9H,4-8H2,1-3H3,(H,12,13). The van der Waals surface area contributed by atoms with Gasteiger partial charge >= 0.3 is 12.1 Å². The van der Waals surface area contributed by atoms with Crippen LogP contribution in [0.15, 0.2) is 28.7 Å². The molecule has 0 radical (unpaired) electrons. The van der Waals surface area contributed by atoms with Gasteiger partial charge in [0.25, 0.3) is 0 Å². The van der Waals surface area contributed by atoms with E-state index in [1.165, 1.54) is 31.4 Å². The van der Waals surface area contributed by atoms with Crippen molar-refractivity contribution in [2.45, 2.75) is 77.2 Å². The van der Waals surface area contributed by atoms with Crippen LogP contribution in [0.5, 0.6) is 0 Å². The molecule has 0 spiro atoms. The summed E-state index contributed by atoms with van der Waals surface area (Å²) in [5, 5.41) is 11.7. The maximum absolute atomic E-state index is 11.4. The van der Waals surface area contributed by atoms with E-state index in [0.717, 1.165) is 29.9 Å². The highest BCUT2D eigenvalue weighted by Gasteiger charge is 2.20. The van der Waals surface area contributed by atoms with E-state index in [2.05, 4.69) is 22.9 Å². The lowest BCUT2D eigenvalue weighted by Crippen LogP contribution is -2.39. The van der Waals surface area contributed by atoms with E-state index in [1.54, 1.807) is 12.1 Å². The number of alkyl carbamates (subject to hydrolysis) is 1. The van der Waals surface area contributed by atoms with Gasteiger partial charge in [-0.2, -0.15) is 12.6 Å². The number of carbonyl (C=O) groups is 2. The largest absolute Gasteiger partial charge is 0.478 e. The quantitative estimate of drug-likeness (QED) is 0.525. The van der Waals surface area contributed by atoms with Crippen molar-refractivity contribution in [3.63, 3.8) is 0 Å². The molecule has 7 nitrogen and oxygen atoms in total. The normalized spacial score (nSPS) is 14.4. The third-order valence-electron chi connectivity index (χ3n) is 4.75. The van der Waals surface area contributed by atoms with Crippen LogP contribution in [0.25, 0.3) is 11.5 Å². The monoisotopic (exact) mass is 448 g/mol. The van der Waals surface area contributed by atoms with Crippen LogP contribution in [0.1, 0.15) is 74.7 Å². The average Bonchev–Trinajstić information content (AvgIpc) is 3.08. The smallest absolute Gasteiger partial charge is 0.407 e. The van der Waals surface area contributed by atoms with Crippen molar-refractivity contribution in [3.05, 3.63) is 41.3 Å². The minimum absolute atomic E-state index is 0.242. The summed E-state index contributed by atoms with van der Waals surface area (Å²) in [4.78, 5) is 26.4. The van der Waals surface area contributed by atoms with Gasteiger partial charge in [0.05, 0.1) is 11.3 Å². The van der Waals surface area contributed by atoms with Gasteiger partial charge in [0.2, 0.25) is 5.89 Å². The number of hydrogen-bond donors (Lipinski definition) is 3. The van der Waals surface area contributed by atoms with Crippen LogP contribution in [-0.2, 0) is 10.5 Å². The first kappa shape index (κ1) is 24.8. The van der Waals surface area contributed by atoms with Crippen LogP contribution < -0.4 is 5.32 Å². The lowest BCUT2D eigenvalue weighted by Gasteiger charge is -2.25. The van der Waals surface area contributed by atoms with Crippen molar-refractivity contribution < 1.29 is 23.8 Å². The number of carbonyl (C=O) groups excluding carboxylic acids is 1. The third-order valence-corrected chi connectivity index (χ3v) is 5.05. The molecule has 8 heteroatoms. The second-order valence-electron chi connectivity index (χ2n) is 8.54. The summed E-state index contributed by atoms with van der Waals surface area (Å²) < 4.78 is 10.7. The molecular weight excluding hydrogens is 416 g/mol. The number of nitrogens with zero attached hydrogens (tertiary/aromatic N) is 1. The molecule has 31 heavy (non-hydrogen) atoms. The molecule has 1 aromatic carbocycles. The van der Waals surface area contributed by atoms with Crippen LogP contribution >= 0.6 is 12.6 Å². The Hall–Kier alpha value is -2.48. The molecule has 1 aliphatic carbocycles. The minimum Gasteiger partial charge on any atom is -0.478 e. The molecule has 2 N–H and O–H groups in total. The molecule has 1 saturated carbocycles. The summed E-state index contributed by atoms with van der Waals surface area (Å²) in [6.45, 7) is 7.47. The summed E-state index contributed by atoms with van der Waals surface area (Å²) in [5.74, 6) is 0.791. The van der Waals surface area contributed by atoms with Crippen molar-refractivity contribution in [1.82, 2.24) is 10.3 Å². The van der Waals surface area contributed by atoms with E-state index in [-0.39, 0.29) is 11.7 Å². The molecule has 0 bridgehead atoms. The molecule has 0 aliphatic heterocycles. The molecule has 0 saturated heterocycles. The molecule has 2 aromatic rings. The molecule has 0 atom stereocenters. The number of carboxylic acids is 1. The Labute approximate surface area is 189 Å². The Morgan fingerprint density at radius 2 is 1.81 bits per heavy atom. The van der Waals surface area contributed by atoms with Crippen molar-refractivity contribution in [2.75, 3.05) is 0 Å². The molecule has 0 unspecified atom stereocenters. The fourth-order valence-electron chi connectivity index (χ4n) is 3.17. The van der Waals surface area contributed by atoms with Gasteiger partial charge in [0.1, 0.15) is 11.4 Å². The Morgan fingerprint density at radius 3 is 2.29 bits per heavy atom. The van der Waals surface area contributed by atoms with Gasteiger partial charge < -0.3 is 19.6 Å². The van der Waals surface area contributed by atoms with Crippen molar-refractivity contribution in [3.8, 4) is 11.5 Å². The molecule has 170 valence electrons. The SMILES string of the molecule is CC(C)(C)OC(=O)NC1CCCCC1.Cc1oc(-c2ccc(C(=O)O)cc2)nc1CS. The number of aryl methyl sites for hydroxylation is 1. The second-order valence-corrected chi connectivity index (χ2v) is 8.86. The second kappa shape index (κ2) is 11.2. The maximum Gasteiger partial charge on any atom is 0.407 e. The number of thiol groups is 1. The number of aromatic nitrogens is 1. The number of benzene rings is 1. The number of hydrogen-bond acceptors (Lipinski definition) is 6. The number of oxazole rings is 1. The van der Waals surface area contributed by atoms with Crippen LogP contribution in [-0.4, -0.2) is 33.8 Å². The van der Waals surface area contributed by atoms with Crippen LogP contribution in [0.4, 0.5) is 4.79 Å². The molecule has 1 aliphatic rings. The van der Waals surface area contributed by atoms with E-state index in [1.807, 2.05) is 27.7 Å². The zero-order chi connectivity index (χ0) is 23.0. The number of carboxylic acid groups (broad SMARTS) is 1. The lowest BCUT2D eigenvalue weighted by atomic mass is 9.96.